The molecule has 0 radical (unpaired) electrons. The Labute approximate surface area is 211 Å². The van der Waals surface area contributed by atoms with E-state index in [1.165, 1.54) is 0 Å². The Bertz CT molecular complexity index is 1750. The molecule has 1 amide bonds. The Morgan fingerprint density at radius 3 is 2.78 bits per heavy atom. The number of fused-ring (bicyclic) bond motifs is 2. The van der Waals surface area contributed by atoms with Gasteiger partial charge in [0.2, 0.25) is 5.91 Å². The van der Waals surface area contributed by atoms with Gasteiger partial charge in [0.15, 0.2) is 11.5 Å². The van der Waals surface area contributed by atoms with Crippen LogP contribution < -0.4 is 5.32 Å². The highest BCUT2D eigenvalue weighted by Crippen LogP contribution is 2.29. The van der Waals surface area contributed by atoms with Crippen LogP contribution in [0.2, 0.25) is 0 Å². The fourth-order valence-corrected chi connectivity index (χ4v) is 4.21. The number of carbonyl (C=O) groups is 1. The summed E-state index contributed by atoms with van der Waals surface area (Å²) in [5, 5.41) is 10.5. The van der Waals surface area contributed by atoms with Crippen LogP contribution in [-0.2, 0) is 4.79 Å². The molecule has 6 aromatic rings. The first-order valence-corrected chi connectivity index (χ1v) is 12.0. The molecule has 0 fully saturated rings. The number of nitrogens with zero attached hydrogens (tertiary/aromatic N) is 7. The second kappa shape index (κ2) is 9.26. The maximum atomic E-state index is 12.2. The lowest BCUT2D eigenvalue weighted by atomic mass is 10.1. The van der Waals surface area contributed by atoms with Crippen molar-refractivity contribution < 1.29 is 4.79 Å². The molecule has 0 aliphatic heterocycles. The number of amides is 1. The number of rotatable bonds is 7. The van der Waals surface area contributed by atoms with Crippen LogP contribution in [-0.4, -0.2) is 50.6 Å². The zero-order chi connectivity index (χ0) is 25.4. The van der Waals surface area contributed by atoms with Gasteiger partial charge in [-0.1, -0.05) is 13.3 Å². The van der Waals surface area contributed by atoms with Gasteiger partial charge in [0, 0.05) is 24.4 Å². The third-order valence-corrected chi connectivity index (χ3v) is 6.07. The van der Waals surface area contributed by atoms with Crippen molar-refractivity contribution in [2.75, 3.05) is 5.32 Å². The quantitative estimate of drug-likeness (QED) is 0.296. The molecule has 11 nitrogen and oxygen atoms in total. The van der Waals surface area contributed by atoms with E-state index in [4.69, 9.17) is 9.97 Å². The molecule has 0 aromatic carbocycles. The van der Waals surface area contributed by atoms with Crippen molar-refractivity contribution in [1.29, 1.82) is 0 Å². The number of imidazole rings is 2. The molecule has 184 valence electrons. The molecule has 0 bridgehead atoms. The lowest BCUT2D eigenvalue weighted by molar-refractivity contribution is -0.116. The highest BCUT2D eigenvalue weighted by Gasteiger charge is 2.17. The molecule has 11 heteroatoms. The number of H-pyrrole nitrogens is 2. The van der Waals surface area contributed by atoms with Crippen LogP contribution >= 0.6 is 0 Å². The lowest BCUT2D eigenvalue weighted by Gasteiger charge is -2.07. The second-order valence-electron chi connectivity index (χ2n) is 8.84. The highest BCUT2D eigenvalue weighted by atomic mass is 16.1. The highest BCUT2D eigenvalue weighted by molar-refractivity contribution is 5.93. The van der Waals surface area contributed by atoms with Crippen molar-refractivity contribution in [2.45, 2.75) is 33.1 Å². The predicted molar refractivity (Wildman–Crippen MR) is 140 cm³/mol. The summed E-state index contributed by atoms with van der Waals surface area (Å²) in [5.74, 6) is 0.554. The fourth-order valence-electron chi connectivity index (χ4n) is 4.21. The van der Waals surface area contributed by atoms with Crippen LogP contribution in [0.3, 0.4) is 0 Å². The van der Waals surface area contributed by atoms with E-state index in [0.29, 0.717) is 34.8 Å². The molecule has 0 saturated carbocycles. The van der Waals surface area contributed by atoms with E-state index in [1.54, 1.807) is 31.1 Å². The normalized spacial score (nSPS) is 11.4. The topological polar surface area (TPSA) is 143 Å². The third kappa shape index (κ3) is 4.31. The summed E-state index contributed by atoms with van der Waals surface area (Å²) in [5.41, 5.74) is 7.43. The monoisotopic (exact) mass is 492 g/mol. The largest absolute Gasteiger partial charge is 0.335 e. The minimum absolute atomic E-state index is 0.0223. The lowest BCUT2D eigenvalue weighted by Crippen LogP contribution is -2.11. The van der Waals surface area contributed by atoms with Crippen molar-refractivity contribution in [3.8, 4) is 28.5 Å². The average Bonchev–Trinajstić information content (AvgIpc) is 3.64. The second-order valence-corrected chi connectivity index (χ2v) is 8.84. The van der Waals surface area contributed by atoms with Crippen LogP contribution in [0, 0.1) is 6.92 Å². The molecular formula is C26H24N10O. The first-order chi connectivity index (χ1) is 18.1. The summed E-state index contributed by atoms with van der Waals surface area (Å²) in [7, 11) is 0. The van der Waals surface area contributed by atoms with Crippen LogP contribution in [0.25, 0.3) is 50.5 Å². The Morgan fingerprint density at radius 2 is 1.95 bits per heavy atom. The van der Waals surface area contributed by atoms with Crippen molar-refractivity contribution in [3.63, 3.8) is 0 Å². The van der Waals surface area contributed by atoms with E-state index in [2.05, 4.69) is 42.4 Å². The first-order valence-electron chi connectivity index (χ1n) is 12.0. The number of aromatic nitrogens is 9. The molecule has 0 unspecified atom stereocenters. The SMILES string of the molecule is CCCCC(=O)Nc1cncc(-c2ccc3[nH]nc(-c4nc5c(-n6cnc(C)c6)cncc5[nH]4)c3n2)c1. The Hall–Kier alpha value is -4.93. The number of anilines is 1. The number of hydrogen-bond acceptors (Lipinski definition) is 7. The molecule has 6 rings (SSSR count). The van der Waals surface area contributed by atoms with E-state index < -0.39 is 0 Å². The van der Waals surface area contributed by atoms with Crippen molar-refractivity contribution >= 4 is 33.7 Å². The van der Waals surface area contributed by atoms with Gasteiger partial charge in [-0.25, -0.2) is 15.0 Å². The number of unbranched alkanes of at least 4 members (excludes halogenated alkanes) is 1. The van der Waals surface area contributed by atoms with Crippen LogP contribution in [0.4, 0.5) is 5.69 Å². The standard InChI is InChI=1S/C26H24N10O/c1-3-4-5-22(37)30-17-8-16(9-27-10-17)18-6-7-19-24(31-18)25(35-34-19)26-32-20-11-28-12-21(23(20)33-26)36-13-15(2)29-14-36/h6-14H,3-5H2,1-2H3,(H,30,37)(H,32,33)(H,34,35). The zero-order valence-electron chi connectivity index (χ0n) is 20.4. The van der Waals surface area contributed by atoms with E-state index >= 15 is 0 Å². The minimum Gasteiger partial charge on any atom is -0.335 e. The van der Waals surface area contributed by atoms with E-state index in [1.807, 2.05) is 35.9 Å². The van der Waals surface area contributed by atoms with Gasteiger partial charge in [-0.15, -0.1) is 0 Å². The summed E-state index contributed by atoms with van der Waals surface area (Å²) in [4.78, 5) is 38.2. The number of carbonyl (C=O) groups excluding carboxylic acids is 1. The number of nitrogens with one attached hydrogen (secondary N) is 3. The molecule has 0 saturated heterocycles. The Morgan fingerprint density at radius 1 is 1.05 bits per heavy atom. The Balaban J connectivity index is 1.37. The van der Waals surface area contributed by atoms with E-state index in [9.17, 15) is 4.79 Å². The smallest absolute Gasteiger partial charge is 0.224 e. The zero-order valence-corrected chi connectivity index (χ0v) is 20.4. The van der Waals surface area contributed by atoms with Crippen LogP contribution in [0.1, 0.15) is 31.9 Å². The van der Waals surface area contributed by atoms with E-state index in [0.717, 1.165) is 46.3 Å². The van der Waals surface area contributed by atoms with Crippen molar-refractivity contribution in [2.24, 2.45) is 0 Å². The summed E-state index contributed by atoms with van der Waals surface area (Å²) in [6.07, 6.45) is 12.8. The molecule has 3 N–H and O–H groups in total. The van der Waals surface area contributed by atoms with Gasteiger partial charge >= 0.3 is 0 Å². The maximum absolute atomic E-state index is 12.2. The average molecular weight is 493 g/mol. The van der Waals surface area contributed by atoms with Gasteiger partial charge in [-0.3, -0.25) is 19.9 Å². The van der Waals surface area contributed by atoms with Crippen molar-refractivity contribution in [1.82, 2.24) is 44.7 Å². The number of aromatic amines is 2. The summed E-state index contributed by atoms with van der Waals surface area (Å²) in [6.45, 7) is 3.99. The van der Waals surface area contributed by atoms with Gasteiger partial charge in [-0.05, 0) is 31.5 Å². The summed E-state index contributed by atoms with van der Waals surface area (Å²) < 4.78 is 1.90. The van der Waals surface area contributed by atoms with Gasteiger partial charge in [-0.2, -0.15) is 5.10 Å². The molecular weight excluding hydrogens is 468 g/mol. The van der Waals surface area contributed by atoms with Crippen LogP contribution in [0.15, 0.2) is 55.5 Å². The minimum atomic E-state index is -0.0223. The van der Waals surface area contributed by atoms with Crippen molar-refractivity contribution in [3.05, 3.63) is 61.2 Å². The summed E-state index contributed by atoms with van der Waals surface area (Å²) >= 11 is 0. The molecule has 6 heterocycles. The molecule has 0 aliphatic rings. The fraction of sp³-hybridized carbons (Fsp3) is 0.192. The number of pyridine rings is 3. The number of aryl methyl sites for hydroxylation is 1. The third-order valence-electron chi connectivity index (χ3n) is 6.07. The maximum Gasteiger partial charge on any atom is 0.224 e. The summed E-state index contributed by atoms with van der Waals surface area (Å²) in [6, 6.07) is 5.69. The van der Waals surface area contributed by atoms with Gasteiger partial charge in [0.1, 0.15) is 11.0 Å². The van der Waals surface area contributed by atoms with Crippen LogP contribution in [0.5, 0.6) is 0 Å². The van der Waals surface area contributed by atoms with Gasteiger partial charge in [0.05, 0.1) is 58.7 Å². The molecule has 0 spiro atoms. The first kappa shape index (κ1) is 22.5. The van der Waals surface area contributed by atoms with Gasteiger partial charge < -0.3 is 14.9 Å². The predicted octanol–water partition coefficient (Wildman–Crippen LogP) is 4.58. The molecule has 0 atom stereocenters. The Kier molecular flexibility index (Phi) is 5.64. The molecule has 37 heavy (non-hydrogen) atoms. The molecule has 6 aromatic heterocycles. The van der Waals surface area contributed by atoms with E-state index in [-0.39, 0.29) is 5.91 Å². The number of hydrogen-bond donors (Lipinski definition) is 3. The molecule has 0 aliphatic carbocycles. The van der Waals surface area contributed by atoms with Gasteiger partial charge in [0.25, 0.3) is 0 Å².